The lowest BCUT2D eigenvalue weighted by Gasteiger charge is -2.17. The fourth-order valence-electron chi connectivity index (χ4n) is 1.30. The summed E-state index contributed by atoms with van der Waals surface area (Å²) in [4.78, 5) is 0.308. The van der Waals surface area contributed by atoms with Crippen molar-refractivity contribution in [1.29, 1.82) is 0 Å². The first-order valence-corrected chi connectivity index (χ1v) is 7.05. The first-order chi connectivity index (χ1) is 7.74. The van der Waals surface area contributed by atoms with Crippen molar-refractivity contribution in [3.63, 3.8) is 0 Å². The molecule has 0 radical (unpaired) electrons. The number of benzene rings is 1. The number of hydrogen-bond donors (Lipinski definition) is 1. The zero-order chi connectivity index (χ0) is 13.1. The summed E-state index contributed by atoms with van der Waals surface area (Å²) in [5, 5.41) is 0. The Balaban J connectivity index is 2.82. The molecule has 0 aliphatic rings. The topological polar surface area (TPSA) is 69.4 Å². The summed E-state index contributed by atoms with van der Waals surface area (Å²) in [6.45, 7) is 3.63. The highest BCUT2D eigenvalue weighted by Crippen LogP contribution is 2.18. The van der Waals surface area contributed by atoms with Crippen molar-refractivity contribution in [2.75, 3.05) is 12.9 Å². The highest BCUT2D eigenvalue weighted by atomic mass is 32.2. The Hall–Kier alpha value is -1.07. The summed E-state index contributed by atoms with van der Waals surface area (Å²) in [6, 6.07) is 6.39. The Morgan fingerprint density at radius 3 is 2.18 bits per heavy atom. The maximum Gasteiger partial charge on any atom is 0.178 e. The monoisotopic (exact) mass is 257 g/mol. The van der Waals surface area contributed by atoms with E-state index in [2.05, 4.69) is 0 Å². The van der Waals surface area contributed by atoms with Crippen LogP contribution < -0.4 is 10.5 Å². The van der Waals surface area contributed by atoms with E-state index in [1.165, 1.54) is 0 Å². The molecule has 1 aromatic rings. The molecule has 0 fully saturated rings. The van der Waals surface area contributed by atoms with Crippen LogP contribution in [0.3, 0.4) is 0 Å². The van der Waals surface area contributed by atoms with Crippen molar-refractivity contribution in [2.45, 2.75) is 30.7 Å². The Labute approximate surface area is 103 Å². The van der Waals surface area contributed by atoms with E-state index >= 15 is 0 Å². The summed E-state index contributed by atoms with van der Waals surface area (Å²) < 4.78 is 28.9. The van der Waals surface area contributed by atoms with Crippen LogP contribution in [0.4, 0.5) is 0 Å². The maximum atomic E-state index is 12.0. The minimum absolute atomic E-state index is 0.0584. The Morgan fingerprint density at radius 2 is 1.76 bits per heavy atom. The van der Waals surface area contributed by atoms with Gasteiger partial charge in [-0.25, -0.2) is 8.42 Å². The average molecular weight is 257 g/mol. The summed E-state index contributed by atoms with van der Waals surface area (Å²) >= 11 is 0. The number of rotatable bonds is 5. The van der Waals surface area contributed by atoms with E-state index < -0.39 is 15.4 Å². The van der Waals surface area contributed by atoms with Crippen LogP contribution in [0.25, 0.3) is 0 Å². The van der Waals surface area contributed by atoms with Gasteiger partial charge < -0.3 is 10.5 Å². The number of hydrogen-bond acceptors (Lipinski definition) is 4. The second-order valence-electron chi connectivity index (χ2n) is 4.73. The van der Waals surface area contributed by atoms with Crippen LogP contribution in [0, 0.1) is 0 Å². The van der Waals surface area contributed by atoms with Crippen molar-refractivity contribution in [1.82, 2.24) is 0 Å². The molecule has 1 rings (SSSR count). The van der Waals surface area contributed by atoms with Crippen LogP contribution >= 0.6 is 0 Å². The van der Waals surface area contributed by atoms with Gasteiger partial charge in [-0.15, -0.1) is 0 Å². The zero-order valence-corrected chi connectivity index (χ0v) is 11.3. The Bertz CT molecular complexity index is 458. The lowest BCUT2D eigenvalue weighted by atomic mass is 10.0. The van der Waals surface area contributed by atoms with Gasteiger partial charge in [0.2, 0.25) is 0 Å². The molecule has 17 heavy (non-hydrogen) atoms. The van der Waals surface area contributed by atoms with E-state index in [0.29, 0.717) is 17.1 Å². The summed E-state index contributed by atoms with van der Waals surface area (Å²) in [5.41, 5.74) is 5.31. The second kappa shape index (κ2) is 5.06. The van der Waals surface area contributed by atoms with Crippen LogP contribution in [0.5, 0.6) is 5.75 Å². The lowest BCUT2D eigenvalue weighted by Crippen LogP contribution is -2.34. The number of ether oxygens (including phenoxy) is 1. The van der Waals surface area contributed by atoms with Crippen LogP contribution in [-0.2, 0) is 9.84 Å². The van der Waals surface area contributed by atoms with E-state index in [-0.39, 0.29) is 5.75 Å². The van der Waals surface area contributed by atoms with E-state index in [9.17, 15) is 8.42 Å². The molecular weight excluding hydrogens is 238 g/mol. The molecule has 0 aliphatic carbocycles. The molecule has 96 valence electrons. The molecule has 4 nitrogen and oxygen atoms in total. The molecule has 0 saturated carbocycles. The molecule has 0 amide bonds. The predicted molar refractivity (Wildman–Crippen MR) is 67.9 cm³/mol. The summed E-state index contributed by atoms with van der Waals surface area (Å²) in [7, 11) is -1.71. The minimum Gasteiger partial charge on any atom is -0.497 e. The molecule has 0 aromatic heterocycles. The van der Waals surface area contributed by atoms with E-state index in [0.717, 1.165) is 0 Å². The normalized spacial score (nSPS) is 12.5. The van der Waals surface area contributed by atoms with Gasteiger partial charge in [-0.3, -0.25) is 0 Å². The van der Waals surface area contributed by atoms with E-state index in [1.807, 2.05) is 13.8 Å². The number of methoxy groups -OCH3 is 1. The SMILES string of the molecule is COc1ccc(S(=O)(=O)CCC(C)(C)N)cc1. The van der Waals surface area contributed by atoms with Crippen molar-refractivity contribution >= 4 is 9.84 Å². The fourth-order valence-corrected chi connectivity index (χ4v) is 2.88. The van der Waals surface area contributed by atoms with Crippen molar-refractivity contribution in [2.24, 2.45) is 5.73 Å². The van der Waals surface area contributed by atoms with Crippen LogP contribution in [0.2, 0.25) is 0 Å². The average Bonchev–Trinajstić information content (AvgIpc) is 2.26. The molecule has 5 heteroatoms. The molecule has 0 saturated heterocycles. The highest BCUT2D eigenvalue weighted by Gasteiger charge is 2.19. The molecule has 0 bridgehead atoms. The molecule has 2 N–H and O–H groups in total. The third kappa shape index (κ3) is 4.36. The van der Waals surface area contributed by atoms with Crippen molar-refractivity contribution in [3.8, 4) is 5.75 Å². The van der Waals surface area contributed by atoms with E-state index in [1.54, 1.807) is 31.4 Å². The Morgan fingerprint density at radius 1 is 1.24 bits per heavy atom. The van der Waals surface area contributed by atoms with Gasteiger partial charge in [0.1, 0.15) is 5.75 Å². The van der Waals surface area contributed by atoms with Gasteiger partial charge in [0.05, 0.1) is 17.8 Å². The Kier molecular flexibility index (Phi) is 4.16. The number of nitrogens with two attached hydrogens (primary N) is 1. The van der Waals surface area contributed by atoms with Gasteiger partial charge in [0.15, 0.2) is 9.84 Å². The van der Waals surface area contributed by atoms with Crippen LogP contribution in [-0.4, -0.2) is 26.8 Å². The molecule has 0 atom stereocenters. The third-order valence-corrected chi connectivity index (χ3v) is 4.17. The standard InChI is InChI=1S/C12H19NO3S/c1-12(2,13)8-9-17(14,15)11-6-4-10(16-3)5-7-11/h4-7H,8-9,13H2,1-3H3. The first-order valence-electron chi connectivity index (χ1n) is 5.40. The van der Waals surface area contributed by atoms with Gasteiger partial charge >= 0.3 is 0 Å². The lowest BCUT2D eigenvalue weighted by molar-refractivity contribution is 0.414. The largest absolute Gasteiger partial charge is 0.497 e. The minimum atomic E-state index is -3.25. The smallest absolute Gasteiger partial charge is 0.178 e. The second-order valence-corrected chi connectivity index (χ2v) is 6.84. The molecule has 1 aromatic carbocycles. The molecule has 0 spiro atoms. The predicted octanol–water partition coefficient (Wildman–Crippen LogP) is 1.60. The van der Waals surface area contributed by atoms with Gasteiger partial charge in [0, 0.05) is 5.54 Å². The van der Waals surface area contributed by atoms with Crippen molar-refractivity contribution in [3.05, 3.63) is 24.3 Å². The zero-order valence-electron chi connectivity index (χ0n) is 10.4. The highest BCUT2D eigenvalue weighted by molar-refractivity contribution is 7.91. The molecule has 0 heterocycles. The third-order valence-electron chi connectivity index (χ3n) is 2.43. The fraction of sp³-hybridized carbons (Fsp3) is 0.500. The van der Waals surface area contributed by atoms with Crippen molar-refractivity contribution < 1.29 is 13.2 Å². The first kappa shape index (κ1) is 14.0. The van der Waals surface area contributed by atoms with Gasteiger partial charge in [-0.1, -0.05) is 0 Å². The van der Waals surface area contributed by atoms with Crippen LogP contribution in [0.1, 0.15) is 20.3 Å². The molecule has 0 unspecified atom stereocenters. The van der Waals surface area contributed by atoms with Gasteiger partial charge in [0.25, 0.3) is 0 Å². The van der Waals surface area contributed by atoms with E-state index in [4.69, 9.17) is 10.5 Å². The summed E-state index contributed by atoms with van der Waals surface area (Å²) in [6.07, 6.45) is 0.432. The molecular formula is C12H19NO3S. The quantitative estimate of drug-likeness (QED) is 0.869. The molecule has 0 aliphatic heterocycles. The van der Waals surface area contributed by atoms with Gasteiger partial charge in [-0.05, 0) is 44.5 Å². The summed E-state index contributed by atoms with van der Waals surface area (Å²) in [5.74, 6) is 0.700. The number of sulfone groups is 1. The maximum absolute atomic E-state index is 12.0. The van der Waals surface area contributed by atoms with Gasteiger partial charge in [-0.2, -0.15) is 0 Å². The van der Waals surface area contributed by atoms with Crippen LogP contribution in [0.15, 0.2) is 29.2 Å².